The molecule has 0 aliphatic carbocycles. The standard InChI is InChI=1S/C10H10ClN3/c11-8-6-13-10(14-8)9(12)7-4-2-1-3-5-7/h1-6,9H,12H2,(H,13,14). The number of H-pyrrole nitrogens is 1. The lowest BCUT2D eigenvalue weighted by Crippen LogP contribution is -2.13. The highest BCUT2D eigenvalue weighted by molar-refractivity contribution is 6.29. The maximum absolute atomic E-state index is 5.98. The Hall–Kier alpha value is -1.32. The van der Waals surface area contributed by atoms with Crippen molar-refractivity contribution < 1.29 is 0 Å². The van der Waals surface area contributed by atoms with Gasteiger partial charge in [0.05, 0.1) is 6.04 Å². The third-order valence-corrected chi connectivity index (χ3v) is 2.21. The zero-order chi connectivity index (χ0) is 9.97. The Balaban J connectivity index is 2.29. The van der Waals surface area contributed by atoms with Crippen LogP contribution in [0.2, 0.25) is 5.15 Å². The van der Waals surface area contributed by atoms with Crippen LogP contribution in [-0.4, -0.2) is 9.97 Å². The largest absolute Gasteiger partial charge is 0.346 e. The van der Waals surface area contributed by atoms with Gasteiger partial charge in [-0.25, -0.2) is 4.98 Å². The molecule has 1 unspecified atom stereocenters. The molecule has 14 heavy (non-hydrogen) atoms. The second kappa shape index (κ2) is 3.82. The molecule has 0 amide bonds. The second-order valence-corrected chi connectivity index (χ2v) is 3.38. The highest BCUT2D eigenvalue weighted by atomic mass is 35.5. The van der Waals surface area contributed by atoms with Crippen LogP contribution in [0.4, 0.5) is 0 Å². The predicted octanol–water partition coefficient (Wildman–Crippen LogP) is 2.11. The Kier molecular flexibility index (Phi) is 2.52. The molecule has 3 nitrogen and oxygen atoms in total. The van der Waals surface area contributed by atoms with Gasteiger partial charge in [-0.2, -0.15) is 0 Å². The van der Waals surface area contributed by atoms with Crippen molar-refractivity contribution in [2.45, 2.75) is 6.04 Å². The minimum atomic E-state index is -0.247. The summed E-state index contributed by atoms with van der Waals surface area (Å²) < 4.78 is 0. The van der Waals surface area contributed by atoms with Crippen molar-refractivity contribution in [3.8, 4) is 0 Å². The minimum Gasteiger partial charge on any atom is -0.346 e. The van der Waals surface area contributed by atoms with Gasteiger partial charge in [0, 0.05) is 6.20 Å². The second-order valence-electron chi connectivity index (χ2n) is 3.00. The fourth-order valence-corrected chi connectivity index (χ4v) is 1.44. The highest BCUT2D eigenvalue weighted by Gasteiger charge is 2.11. The minimum absolute atomic E-state index is 0.247. The van der Waals surface area contributed by atoms with E-state index in [1.54, 1.807) is 6.20 Å². The van der Waals surface area contributed by atoms with E-state index in [0.717, 1.165) is 5.56 Å². The van der Waals surface area contributed by atoms with E-state index in [9.17, 15) is 0 Å². The highest BCUT2D eigenvalue weighted by Crippen LogP contribution is 2.17. The van der Waals surface area contributed by atoms with Gasteiger partial charge < -0.3 is 10.7 Å². The van der Waals surface area contributed by atoms with Crippen molar-refractivity contribution in [3.05, 3.63) is 53.1 Å². The number of rotatable bonds is 2. The number of benzene rings is 1. The molecule has 0 saturated heterocycles. The first-order valence-corrected chi connectivity index (χ1v) is 4.66. The van der Waals surface area contributed by atoms with Crippen LogP contribution < -0.4 is 5.73 Å². The lowest BCUT2D eigenvalue weighted by Gasteiger charge is -2.07. The monoisotopic (exact) mass is 207 g/mol. The summed E-state index contributed by atoms with van der Waals surface area (Å²) in [4.78, 5) is 7.01. The molecule has 0 spiro atoms. The van der Waals surface area contributed by atoms with Crippen LogP contribution in [0.5, 0.6) is 0 Å². The summed E-state index contributed by atoms with van der Waals surface area (Å²) in [7, 11) is 0. The lowest BCUT2D eigenvalue weighted by atomic mass is 10.1. The fraction of sp³-hybridized carbons (Fsp3) is 0.100. The SMILES string of the molecule is NC(c1ccccc1)c1nc(Cl)c[nH]1. The van der Waals surface area contributed by atoms with Gasteiger partial charge in [0.15, 0.2) is 0 Å². The van der Waals surface area contributed by atoms with Crippen molar-refractivity contribution >= 4 is 11.6 Å². The Labute approximate surface area is 86.9 Å². The van der Waals surface area contributed by atoms with Crippen LogP contribution in [0.15, 0.2) is 36.5 Å². The molecule has 0 aliphatic rings. The van der Waals surface area contributed by atoms with Crippen LogP contribution in [0.3, 0.4) is 0 Å². The van der Waals surface area contributed by atoms with E-state index in [-0.39, 0.29) is 6.04 Å². The van der Waals surface area contributed by atoms with Gasteiger partial charge in [-0.15, -0.1) is 0 Å². The van der Waals surface area contributed by atoms with Gasteiger partial charge >= 0.3 is 0 Å². The summed E-state index contributed by atoms with van der Waals surface area (Å²) in [5.74, 6) is 0.682. The molecule has 1 atom stereocenters. The van der Waals surface area contributed by atoms with Crippen LogP contribution in [0.1, 0.15) is 17.4 Å². The van der Waals surface area contributed by atoms with Crippen molar-refractivity contribution in [1.82, 2.24) is 9.97 Å². The number of hydrogen-bond donors (Lipinski definition) is 2. The zero-order valence-electron chi connectivity index (χ0n) is 7.44. The molecule has 0 bridgehead atoms. The number of hydrogen-bond acceptors (Lipinski definition) is 2. The van der Waals surface area contributed by atoms with E-state index in [1.807, 2.05) is 30.3 Å². The molecule has 2 rings (SSSR count). The average molecular weight is 208 g/mol. The Morgan fingerprint density at radius 1 is 1.29 bits per heavy atom. The number of aromatic nitrogens is 2. The Morgan fingerprint density at radius 3 is 2.57 bits per heavy atom. The van der Waals surface area contributed by atoms with Crippen LogP contribution in [0, 0.1) is 0 Å². The topological polar surface area (TPSA) is 54.7 Å². The first-order chi connectivity index (χ1) is 6.77. The molecule has 0 radical (unpaired) electrons. The van der Waals surface area contributed by atoms with E-state index in [1.165, 1.54) is 0 Å². The number of aromatic amines is 1. The van der Waals surface area contributed by atoms with E-state index in [2.05, 4.69) is 9.97 Å². The fourth-order valence-electron chi connectivity index (χ4n) is 1.29. The van der Waals surface area contributed by atoms with Crippen LogP contribution in [-0.2, 0) is 0 Å². The summed E-state index contributed by atoms with van der Waals surface area (Å²) in [5.41, 5.74) is 6.99. The number of halogens is 1. The van der Waals surface area contributed by atoms with Crippen molar-refractivity contribution in [3.63, 3.8) is 0 Å². The van der Waals surface area contributed by atoms with E-state index in [0.29, 0.717) is 11.0 Å². The normalized spacial score (nSPS) is 12.7. The molecule has 1 aromatic heterocycles. The third-order valence-electron chi connectivity index (χ3n) is 2.02. The van der Waals surface area contributed by atoms with Gasteiger partial charge in [0.25, 0.3) is 0 Å². The number of nitrogens with zero attached hydrogens (tertiary/aromatic N) is 1. The van der Waals surface area contributed by atoms with E-state index in [4.69, 9.17) is 17.3 Å². The summed E-state index contributed by atoms with van der Waals surface area (Å²) in [5, 5.41) is 0.436. The predicted molar refractivity (Wildman–Crippen MR) is 56.1 cm³/mol. The molecule has 0 saturated carbocycles. The van der Waals surface area contributed by atoms with Crippen molar-refractivity contribution in [1.29, 1.82) is 0 Å². The van der Waals surface area contributed by atoms with E-state index < -0.39 is 0 Å². The quantitative estimate of drug-likeness (QED) is 0.793. The first-order valence-electron chi connectivity index (χ1n) is 4.28. The summed E-state index contributed by atoms with van der Waals surface area (Å²) >= 11 is 5.69. The zero-order valence-corrected chi connectivity index (χ0v) is 8.20. The molecule has 3 N–H and O–H groups in total. The summed E-state index contributed by atoms with van der Waals surface area (Å²) in [6.07, 6.45) is 1.62. The average Bonchev–Trinajstić information content (AvgIpc) is 2.65. The third kappa shape index (κ3) is 1.78. The van der Waals surface area contributed by atoms with Gasteiger partial charge in [-0.1, -0.05) is 41.9 Å². The smallest absolute Gasteiger partial charge is 0.147 e. The first kappa shape index (κ1) is 9.24. The maximum atomic E-state index is 5.98. The molecular formula is C10H10ClN3. The number of nitrogens with two attached hydrogens (primary N) is 1. The lowest BCUT2D eigenvalue weighted by molar-refractivity contribution is 0.801. The van der Waals surface area contributed by atoms with Gasteiger partial charge in [0.2, 0.25) is 0 Å². The van der Waals surface area contributed by atoms with Crippen molar-refractivity contribution in [2.24, 2.45) is 5.73 Å². The van der Waals surface area contributed by atoms with Gasteiger partial charge in [0.1, 0.15) is 11.0 Å². The Morgan fingerprint density at radius 2 is 2.00 bits per heavy atom. The molecule has 0 fully saturated rings. The van der Waals surface area contributed by atoms with Crippen LogP contribution >= 0.6 is 11.6 Å². The number of imidazole rings is 1. The molecule has 2 aromatic rings. The van der Waals surface area contributed by atoms with Crippen LogP contribution in [0.25, 0.3) is 0 Å². The molecule has 72 valence electrons. The van der Waals surface area contributed by atoms with E-state index >= 15 is 0 Å². The van der Waals surface area contributed by atoms with Gasteiger partial charge in [-0.05, 0) is 5.56 Å². The summed E-state index contributed by atoms with van der Waals surface area (Å²) in [6.45, 7) is 0. The van der Waals surface area contributed by atoms with Gasteiger partial charge in [-0.3, -0.25) is 0 Å². The molecule has 4 heteroatoms. The maximum Gasteiger partial charge on any atom is 0.147 e. The number of nitrogens with one attached hydrogen (secondary N) is 1. The molecule has 0 aliphatic heterocycles. The summed E-state index contributed by atoms with van der Waals surface area (Å²) in [6, 6.07) is 9.51. The molecule has 1 aromatic carbocycles. The van der Waals surface area contributed by atoms with Crippen molar-refractivity contribution in [2.75, 3.05) is 0 Å². The molecule has 1 heterocycles. The Bertz CT molecular complexity index is 410. The molecular weight excluding hydrogens is 198 g/mol.